The van der Waals surface area contributed by atoms with Gasteiger partial charge in [0.1, 0.15) is 11.6 Å². The van der Waals surface area contributed by atoms with Gasteiger partial charge in [-0.1, -0.05) is 40.7 Å². The molecule has 0 N–H and O–H groups in total. The van der Waals surface area contributed by atoms with Gasteiger partial charge in [-0.25, -0.2) is 9.97 Å². The van der Waals surface area contributed by atoms with E-state index in [1.54, 1.807) is 13.2 Å². The quantitative estimate of drug-likeness (QED) is 0.468. The van der Waals surface area contributed by atoms with Crippen molar-refractivity contribution >= 4 is 5.57 Å². The maximum atomic E-state index is 13.1. The second kappa shape index (κ2) is 8.62. The summed E-state index contributed by atoms with van der Waals surface area (Å²) in [6, 6.07) is 6.21. The minimum atomic E-state index is -0.00206. The van der Waals surface area contributed by atoms with Gasteiger partial charge in [0.2, 0.25) is 0 Å². The Hall–Kier alpha value is -3.21. The highest BCUT2D eigenvalue weighted by Crippen LogP contribution is 2.46. The van der Waals surface area contributed by atoms with Crippen molar-refractivity contribution in [3.63, 3.8) is 0 Å². The molecule has 172 valence electrons. The topological polar surface area (TPSA) is 57.0 Å². The smallest absolute Gasteiger partial charge is 0.189 e. The van der Waals surface area contributed by atoms with Gasteiger partial charge in [-0.05, 0) is 48.4 Å². The molecule has 3 heterocycles. The van der Waals surface area contributed by atoms with Gasteiger partial charge >= 0.3 is 0 Å². The monoisotopic (exact) mass is 443 g/mol. The molecule has 0 amide bonds. The highest BCUT2D eigenvalue weighted by atomic mass is 16.5. The number of hydrogen-bond acceptors (Lipinski definition) is 4. The van der Waals surface area contributed by atoms with E-state index >= 15 is 0 Å². The SMILES string of the molecule is C=C(CCC)c1cn2c(cc1=O)-c1cc(OC)c(-c3cnc(C)nc3)cc1CC2C(C)(C)C. The van der Waals surface area contributed by atoms with Crippen LogP contribution in [0.5, 0.6) is 5.75 Å². The molecule has 0 radical (unpaired) electrons. The lowest BCUT2D eigenvalue weighted by Crippen LogP contribution is -2.32. The molecule has 1 aliphatic rings. The van der Waals surface area contributed by atoms with E-state index in [1.807, 2.05) is 25.5 Å². The average molecular weight is 444 g/mol. The van der Waals surface area contributed by atoms with Gasteiger partial charge in [0.25, 0.3) is 0 Å². The van der Waals surface area contributed by atoms with E-state index in [0.29, 0.717) is 0 Å². The van der Waals surface area contributed by atoms with E-state index < -0.39 is 0 Å². The van der Waals surface area contributed by atoms with Crippen molar-refractivity contribution in [2.75, 3.05) is 7.11 Å². The van der Waals surface area contributed by atoms with E-state index in [9.17, 15) is 4.79 Å². The molecule has 1 atom stereocenters. The van der Waals surface area contributed by atoms with Gasteiger partial charge in [0.15, 0.2) is 5.43 Å². The Morgan fingerprint density at radius 3 is 2.48 bits per heavy atom. The number of rotatable bonds is 5. The molecule has 2 aromatic heterocycles. The minimum absolute atomic E-state index is 0.00206. The molecule has 0 spiro atoms. The van der Waals surface area contributed by atoms with Crippen molar-refractivity contribution in [1.29, 1.82) is 0 Å². The van der Waals surface area contributed by atoms with Crippen LogP contribution in [-0.2, 0) is 6.42 Å². The molecule has 0 saturated carbocycles. The molecule has 0 fully saturated rings. The van der Waals surface area contributed by atoms with Crippen LogP contribution in [0, 0.1) is 12.3 Å². The van der Waals surface area contributed by atoms with Gasteiger partial charge in [-0.3, -0.25) is 4.79 Å². The van der Waals surface area contributed by atoms with E-state index in [0.717, 1.165) is 64.4 Å². The Kier molecular flexibility index (Phi) is 6.00. The van der Waals surface area contributed by atoms with Crippen molar-refractivity contribution < 1.29 is 4.74 Å². The van der Waals surface area contributed by atoms with Crippen molar-refractivity contribution in [3.05, 3.63) is 70.5 Å². The highest BCUT2D eigenvalue weighted by molar-refractivity contribution is 5.79. The summed E-state index contributed by atoms with van der Waals surface area (Å²) in [7, 11) is 1.67. The third-order valence-corrected chi connectivity index (χ3v) is 6.55. The fourth-order valence-electron chi connectivity index (χ4n) is 4.71. The molecular formula is C28H33N3O2. The Morgan fingerprint density at radius 1 is 1.18 bits per heavy atom. The second-order valence-corrected chi connectivity index (χ2v) is 10.0. The van der Waals surface area contributed by atoms with Crippen LogP contribution in [0.1, 0.15) is 63.5 Å². The standard InChI is InChI=1S/C28H33N3O2/c1-8-9-17(2)23-16-31-24(13-25(23)32)21-12-26(33-7)22(20-14-29-18(3)30-15-20)10-19(21)11-27(31)28(4,5)6/h10,12-16,27H,2,8-9,11H2,1,3-7H3. The summed E-state index contributed by atoms with van der Waals surface area (Å²) in [4.78, 5) is 21.9. The first-order valence-corrected chi connectivity index (χ1v) is 11.6. The average Bonchev–Trinajstić information content (AvgIpc) is 2.77. The number of ether oxygens (including phenoxy) is 1. The largest absolute Gasteiger partial charge is 0.496 e. The number of aryl methyl sites for hydroxylation is 1. The number of fused-ring (bicyclic) bond motifs is 3. The third-order valence-electron chi connectivity index (χ3n) is 6.55. The van der Waals surface area contributed by atoms with E-state index in [1.165, 1.54) is 5.56 Å². The van der Waals surface area contributed by atoms with Gasteiger partial charge in [0.05, 0.1) is 12.8 Å². The van der Waals surface area contributed by atoms with Gasteiger partial charge in [-0.2, -0.15) is 0 Å². The Morgan fingerprint density at radius 2 is 1.88 bits per heavy atom. The molecule has 4 rings (SSSR count). The van der Waals surface area contributed by atoms with Crippen molar-refractivity contribution in [2.45, 2.75) is 59.9 Å². The third kappa shape index (κ3) is 4.24. The first-order chi connectivity index (χ1) is 15.6. The Balaban J connectivity index is 1.95. The maximum absolute atomic E-state index is 13.1. The van der Waals surface area contributed by atoms with Crippen LogP contribution in [0.15, 0.2) is 48.2 Å². The van der Waals surface area contributed by atoms with Crippen LogP contribution in [0.25, 0.3) is 28.0 Å². The fourth-order valence-corrected chi connectivity index (χ4v) is 4.71. The summed E-state index contributed by atoms with van der Waals surface area (Å²) in [5, 5.41) is 0. The molecule has 1 aliphatic heterocycles. The minimum Gasteiger partial charge on any atom is -0.496 e. The molecule has 5 heteroatoms. The van der Waals surface area contributed by atoms with E-state index in [4.69, 9.17) is 4.74 Å². The number of pyridine rings is 1. The van der Waals surface area contributed by atoms with Crippen LogP contribution in [0.3, 0.4) is 0 Å². The summed E-state index contributed by atoms with van der Waals surface area (Å²) in [5.41, 5.74) is 6.70. The lowest BCUT2D eigenvalue weighted by molar-refractivity contribution is 0.237. The summed E-state index contributed by atoms with van der Waals surface area (Å²) < 4.78 is 8.06. The second-order valence-electron chi connectivity index (χ2n) is 10.0. The predicted molar refractivity (Wildman–Crippen MR) is 135 cm³/mol. The zero-order chi connectivity index (χ0) is 23.9. The van der Waals surface area contributed by atoms with E-state index in [2.05, 4.69) is 60.9 Å². The zero-order valence-electron chi connectivity index (χ0n) is 20.5. The van der Waals surface area contributed by atoms with Gasteiger partial charge < -0.3 is 9.30 Å². The molecule has 0 aliphatic carbocycles. The summed E-state index contributed by atoms with van der Waals surface area (Å²) in [6.45, 7) is 14.9. The first-order valence-electron chi connectivity index (χ1n) is 11.6. The predicted octanol–water partition coefficient (Wildman–Crippen LogP) is 6.25. The van der Waals surface area contributed by atoms with Crippen molar-refractivity contribution in [2.24, 2.45) is 5.41 Å². The number of nitrogens with zero attached hydrogens (tertiary/aromatic N) is 3. The van der Waals surface area contributed by atoms with Crippen molar-refractivity contribution in [3.8, 4) is 28.1 Å². The molecular weight excluding hydrogens is 410 g/mol. The lowest BCUT2D eigenvalue weighted by atomic mass is 9.78. The van der Waals surface area contributed by atoms with Crippen LogP contribution in [-0.4, -0.2) is 21.6 Å². The van der Waals surface area contributed by atoms with Crippen LogP contribution >= 0.6 is 0 Å². The number of benzene rings is 1. The van der Waals surface area contributed by atoms with Crippen LogP contribution in [0.2, 0.25) is 0 Å². The molecule has 1 unspecified atom stereocenters. The highest BCUT2D eigenvalue weighted by Gasteiger charge is 2.33. The molecule has 0 saturated heterocycles. The van der Waals surface area contributed by atoms with Crippen molar-refractivity contribution in [1.82, 2.24) is 14.5 Å². The Bertz CT molecular complexity index is 1260. The molecule has 0 bridgehead atoms. The summed E-state index contributed by atoms with van der Waals surface area (Å²) in [6.07, 6.45) is 8.34. The summed E-state index contributed by atoms with van der Waals surface area (Å²) in [5.74, 6) is 1.48. The molecule has 33 heavy (non-hydrogen) atoms. The number of methoxy groups -OCH3 is 1. The zero-order valence-corrected chi connectivity index (χ0v) is 20.5. The number of hydrogen-bond donors (Lipinski definition) is 0. The normalized spacial score (nSPS) is 15.0. The fraction of sp³-hybridized carbons (Fsp3) is 0.393. The Labute approximate surface area is 196 Å². The first kappa shape index (κ1) is 23.0. The number of allylic oxidation sites excluding steroid dienone is 1. The maximum Gasteiger partial charge on any atom is 0.189 e. The van der Waals surface area contributed by atoms with Crippen LogP contribution < -0.4 is 10.2 Å². The molecule has 5 nitrogen and oxygen atoms in total. The van der Waals surface area contributed by atoms with E-state index in [-0.39, 0.29) is 16.9 Å². The molecule has 1 aromatic carbocycles. The summed E-state index contributed by atoms with van der Waals surface area (Å²) >= 11 is 0. The molecule has 3 aromatic rings. The van der Waals surface area contributed by atoms with Crippen LogP contribution in [0.4, 0.5) is 0 Å². The lowest BCUT2D eigenvalue weighted by Gasteiger charge is -2.39. The van der Waals surface area contributed by atoms with Gasteiger partial charge in [0, 0.05) is 53.0 Å². The number of aromatic nitrogens is 3. The van der Waals surface area contributed by atoms with Gasteiger partial charge in [-0.15, -0.1) is 0 Å².